The number of hydrogen-bond donors (Lipinski definition) is 2. The lowest BCUT2D eigenvalue weighted by atomic mass is 10.2. The van der Waals surface area contributed by atoms with Crippen LogP contribution in [-0.4, -0.2) is 17.5 Å². The summed E-state index contributed by atoms with van der Waals surface area (Å²) in [5, 5.41) is 3.45. The second-order valence-corrected chi connectivity index (χ2v) is 5.62. The topological polar surface area (TPSA) is 38.0 Å². The average molecular weight is 289 g/mol. The van der Waals surface area contributed by atoms with Gasteiger partial charge >= 0.3 is 0 Å². The lowest BCUT2D eigenvalue weighted by molar-refractivity contribution is 0.912. The molecule has 0 bridgehead atoms. The van der Waals surface area contributed by atoms with E-state index in [1.165, 1.54) is 0 Å². The summed E-state index contributed by atoms with van der Waals surface area (Å²) in [7, 11) is 0. The first-order chi connectivity index (χ1) is 7.13. The highest BCUT2D eigenvalue weighted by molar-refractivity contribution is 9.10. The van der Waals surface area contributed by atoms with Crippen LogP contribution in [0, 0.1) is 0 Å². The second-order valence-electron chi connectivity index (χ2n) is 3.44. The van der Waals surface area contributed by atoms with Gasteiger partial charge in [0.25, 0.3) is 0 Å². The molecule has 4 heteroatoms. The zero-order chi connectivity index (χ0) is 11.3. The molecule has 0 saturated heterocycles. The fourth-order valence-electron chi connectivity index (χ4n) is 1.25. The molecule has 0 spiro atoms. The third-order valence-corrected chi connectivity index (χ3v) is 3.77. The van der Waals surface area contributed by atoms with Gasteiger partial charge in [0.1, 0.15) is 0 Å². The van der Waals surface area contributed by atoms with Gasteiger partial charge in [-0.25, -0.2) is 0 Å². The van der Waals surface area contributed by atoms with Crippen LogP contribution in [0.2, 0.25) is 0 Å². The number of hydrogen-bond acceptors (Lipinski definition) is 3. The zero-order valence-electron chi connectivity index (χ0n) is 9.09. The molecule has 15 heavy (non-hydrogen) atoms. The molecule has 84 valence electrons. The van der Waals surface area contributed by atoms with E-state index in [1.807, 2.05) is 30.0 Å². The summed E-state index contributed by atoms with van der Waals surface area (Å²) in [5.41, 5.74) is 7.56. The molecule has 1 rings (SSSR count). The summed E-state index contributed by atoms with van der Waals surface area (Å²) >= 11 is 5.44. The van der Waals surface area contributed by atoms with Crippen molar-refractivity contribution in [3.63, 3.8) is 0 Å². The van der Waals surface area contributed by atoms with Crippen molar-refractivity contribution in [2.75, 3.05) is 22.6 Å². The second kappa shape index (κ2) is 6.28. The molecule has 2 nitrogen and oxygen atoms in total. The van der Waals surface area contributed by atoms with E-state index in [0.717, 1.165) is 27.4 Å². The van der Waals surface area contributed by atoms with E-state index in [0.29, 0.717) is 6.04 Å². The molecule has 0 amide bonds. The van der Waals surface area contributed by atoms with Crippen LogP contribution in [0.15, 0.2) is 22.7 Å². The van der Waals surface area contributed by atoms with Crippen LogP contribution in [0.5, 0.6) is 0 Å². The highest BCUT2D eigenvalue weighted by atomic mass is 79.9. The maximum Gasteiger partial charge on any atom is 0.0488 e. The van der Waals surface area contributed by atoms with E-state index < -0.39 is 0 Å². The lowest BCUT2D eigenvalue weighted by Crippen LogP contribution is -2.18. The van der Waals surface area contributed by atoms with Crippen LogP contribution in [-0.2, 0) is 0 Å². The van der Waals surface area contributed by atoms with E-state index in [4.69, 9.17) is 5.73 Å². The van der Waals surface area contributed by atoms with E-state index in [2.05, 4.69) is 35.1 Å². The van der Waals surface area contributed by atoms with Gasteiger partial charge < -0.3 is 11.1 Å². The minimum Gasteiger partial charge on any atom is -0.399 e. The van der Waals surface area contributed by atoms with Crippen LogP contribution in [0.3, 0.4) is 0 Å². The van der Waals surface area contributed by atoms with Gasteiger partial charge in [0.15, 0.2) is 0 Å². The fraction of sp³-hybridized carbons (Fsp3) is 0.455. The molecular formula is C11H17BrN2S. The Balaban J connectivity index is 2.56. The number of anilines is 2. The molecule has 0 saturated carbocycles. The number of nitrogens with two attached hydrogens (primary N) is 1. The molecule has 0 aliphatic carbocycles. The number of nitrogen functional groups attached to an aromatic ring is 1. The van der Waals surface area contributed by atoms with E-state index in [9.17, 15) is 0 Å². The van der Waals surface area contributed by atoms with E-state index in [1.54, 1.807) is 0 Å². The van der Waals surface area contributed by atoms with Gasteiger partial charge in [-0.15, -0.1) is 0 Å². The van der Waals surface area contributed by atoms with E-state index in [-0.39, 0.29) is 0 Å². The number of thioether (sulfide) groups is 1. The summed E-state index contributed by atoms with van der Waals surface area (Å²) in [6.45, 7) is 4.36. The van der Waals surface area contributed by atoms with Crippen molar-refractivity contribution in [1.29, 1.82) is 0 Å². The lowest BCUT2D eigenvalue weighted by Gasteiger charge is -2.16. The summed E-state index contributed by atoms with van der Waals surface area (Å²) in [5.74, 6) is 2.28. The van der Waals surface area contributed by atoms with Crippen molar-refractivity contribution in [2.24, 2.45) is 0 Å². The van der Waals surface area contributed by atoms with Gasteiger partial charge in [-0.2, -0.15) is 11.8 Å². The Hall–Kier alpha value is -0.350. The van der Waals surface area contributed by atoms with Crippen molar-refractivity contribution >= 4 is 39.1 Å². The van der Waals surface area contributed by atoms with Gasteiger partial charge in [-0.3, -0.25) is 0 Å². The molecule has 0 aromatic heterocycles. The van der Waals surface area contributed by atoms with Crippen LogP contribution in [0.25, 0.3) is 0 Å². The molecule has 0 fully saturated rings. The fourth-order valence-corrected chi connectivity index (χ4v) is 2.43. The maximum absolute atomic E-state index is 5.68. The minimum absolute atomic E-state index is 0.467. The normalized spacial score (nSPS) is 12.5. The number of rotatable bonds is 5. The Morgan fingerprint density at radius 1 is 1.53 bits per heavy atom. The summed E-state index contributed by atoms with van der Waals surface area (Å²) < 4.78 is 1.02. The van der Waals surface area contributed by atoms with Crippen molar-refractivity contribution < 1.29 is 0 Å². The molecule has 1 aromatic rings. The predicted molar refractivity (Wildman–Crippen MR) is 74.6 cm³/mol. The molecule has 0 heterocycles. The minimum atomic E-state index is 0.467. The molecule has 1 aromatic carbocycles. The molecule has 1 unspecified atom stereocenters. The molecule has 0 aliphatic heterocycles. The standard InChI is InChI=1S/C11H17BrN2S/c1-3-15-7-8(2)14-11-5-4-9(13)6-10(11)12/h4-6,8,14H,3,7,13H2,1-2H3. The molecule has 0 aliphatic rings. The van der Waals surface area contributed by atoms with Gasteiger partial charge in [-0.1, -0.05) is 6.92 Å². The van der Waals surface area contributed by atoms with Gasteiger partial charge in [0, 0.05) is 27.6 Å². The largest absolute Gasteiger partial charge is 0.399 e. The average Bonchev–Trinajstić information content (AvgIpc) is 2.19. The Bertz CT molecular complexity index is 317. The number of halogens is 1. The SMILES string of the molecule is CCSCC(C)Nc1ccc(N)cc1Br. The smallest absolute Gasteiger partial charge is 0.0488 e. The Labute approximate surface area is 104 Å². The molecule has 3 N–H and O–H groups in total. The van der Waals surface area contributed by atoms with Crippen molar-refractivity contribution in [3.05, 3.63) is 22.7 Å². The van der Waals surface area contributed by atoms with Crippen LogP contribution in [0.4, 0.5) is 11.4 Å². The Kier molecular flexibility index (Phi) is 5.32. The molecular weight excluding hydrogens is 272 g/mol. The quantitative estimate of drug-likeness (QED) is 0.814. The Morgan fingerprint density at radius 3 is 2.87 bits per heavy atom. The Morgan fingerprint density at radius 2 is 2.27 bits per heavy atom. The maximum atomic E-state index is 5.68. The van der Waals surface area contributed by atoms with E-state index >= 15 is 0 Å². The first kappa shape index (κ1) is 12.7. The van der Waals surface area contributed by atoms with Crippen LogP contribution < -0.4 is 11.1 Å². The van der Waals surface area contributed by atoms with Crippen molar-refractivity contribution in [1.82, 2.24) is 0 Å². The van der Waals surface area contributed by atoms with Gasteiger partial charge in [-0.05, 0) is 46.8 Å². The zero-order valence-corrected chi connectivity index (χ0v) is 11.5. The van der Waals surface area contributed by atoms with Crippen LogP contribution in [0.1, 0.15) is 13.8 Å². The summed E-state index contributed by atoms with van der Waals surface area (Å²) in [6, 6.07) is 6.30. The third kappa shape index (κ3) is 4.34. The monoisotopic (exact) mass is 288 g/mol. The number of benzene rings is 1. The molecule has 1 atom stereocenters. The van der Waals surface area contributed by atoms with Crippen LogP contribution >= 0.6 is 27.7 Å². The van der Waals surface area contributed by atoms with Crippen molar-refractivity contribution in [2.45, 2.75) is 19.9 Å². The first-order valence-corrected chi connectivity index (χ1v) is 6.97. The first-order valence-electron chi connectivity index (χ1n) is 5.02. The van der Waals surface area contributed by atoms with Gasteiger partial charge in [0.2, 0.25) is 0 Å². The van der Waals surface area contributed by atoms with Crippen molar-refractivity contribution in [3.8, 4) is 0 Å². The van der Waals surface area contributed by atoms with Gasteiger partial charge in [0.05, 0.1) is 0 Å². The molecule has 0 radical (unpaired) electrons. The predicted octanol–water partition coefficient (Wildman–Crippen LogP) is 3.58. The summed E-state index contributed by atoms with van der Waals surface area (Å²) in [4.78, 5) is 0. The highest BCUT2D eigenvalue weighted by Crippen LogP contribution is 2.25. The third-order valence-electron chi connectivity index (χ3n) is 1.97. The number of nitrogens with one attached hydrogen (secondary N) is 1. The highest BCUT2D eigenvalue weighted by Gasteiger charge is 2.04. The summed E-state index contributed by atoms with van der Waals surface area (Å²) in [6.07, 6.45) is 0.